The van der Waals surface area contributed by atoms with Gasteiger partial charge < -0.3 is 5.32 Å². The predicted octanol–water partition coefficient (Wildman–Crippen LogP) is 2.29. The summed E-state index contributed by atoms with van der Waals surface area (Å²) in [6.07, 6.45) is 1.79. The SMILES string of the molecule is CNC(=O)C1=C(I)Cc2cc(N(C)S(C)(=O)=O)c(Br)cc21. The van der Waals surface area contributed by atoms with Gasteiger partial charge in [0.2, 0.25) is 10.0 Å². The van der Waals surface area contributed by atoms with E-state index in [1.165, 1.54) is 11.4 Å². The lowest BCUT2D eigenvalue weighted by atomic mass is 10.0. The summed E-state index contributed by atoms with van der Waals surface area (Å²) in [5.41, 5.74) is 3.02. The van der Waals surface area contributed by atoms with Crippen molar-refractivity contribution in [1.82, 2.24) is 5.32 Å². The number of rotatable bonds is 3. The Morgan fingerprint density at radius 3 is 2.57 bits per heavy atom. The number of amides is 1. The molecule has 0 spiro atoms. The van der Waals surface area contributed by atoms with Gasteiger partial charge in [-0.1, -0.05) is 0 Å². The third-order valence-electron chi connectivity index (χ3n) is 3.35. The molecule has 1 aliphatic carbocycles. The fourth-order valence-corrected chi connectivity index (χ4v) is 4.36. The highest BCUT2D eigenvalue weighted by Crippen LogP contribution is 2.41. The molecule has 0 fully saturated rings. The van der Waals surface area contributed by atoms with E-state index >= 15 is 0 Å². The van der Waals surface area contributed by atoms with Crippen molar-refractivity contribution in [2.24, 2.45) is 0 Å². The number of hydrogen-bond acceptors (Lipinski definition) is 3. The second-order valence-corrected chi connectivity index (χ2v) is 8.90. The summed E-state index contributed by atoms with van der Waals surface area (Å²) in [5.74, 6) is -0.130. The zero-order valence-electron chi connectivity index (χ0n) is 11.7. The highest BCUT2D eigenvalue weighted by molar-refractivity contribution is 14.1. The van der Waals surface area contributed by atoms with Gasteiger partial charge in [0, 0.05) is 28.6 Å². The van der Waals surface area contributed by atoms with E-state index in [9.17, 15) is 13.2 Å². The summed E-state index contributed by atoms with van der Waals surface area (Å²) in [6, 6.07) is 3.62. The molecule has 0 aromatic heterocycles. The molecule has 1 N–H and O–H groups in total. The number of hydrogen-bond donors (Lipinski definition) is 1. The van der Waals surface area contributed by atoms with Gasteiger partial charge in [0.1, 0.15) is 0 Å². The van der Waals surface area contributed by atoms with E-state index in [-0.39, 0.29) is 5.91 Å². The van der Waals surface area contributed by atoms with E-state index in [4.69, 9.17) is 0 Å². The Morgan fingerprint density at radius 2 is 2.05 bits per heavy atom. The maximum Gasteiger partial charge on any atom is 0.252 e. The maximum absolute atomic E-state index is 12.0. The molecule has 1 aromatic carbocycles. The summed E-state index contributed by atoms with van der Waals surface area (Å²) >= 11 is 5.56. The number of anilines is 1. The normalized spacial score (nSPS) is 14.1. The van der Waals surface area contributed by atoms with E-state index in [0.717, 1.165) is 21.0 Å². The van der Waals surface area contributed by atoms with Gasteiger partial charge in [-0.15, -0.1) is 0 Å². The lowest BCUT2D eigenvalue weighted by molar-refractivity contribution is -0.115. The molecule has 1 aromatic rings. The Balaban J connectivity index is 2.56. The zero-order valence-corrected chi connectivity index (χ0v) is 16.3. The highest BCUT2D eigenvalue weighted by atomic mass is 127. The number of allylic oxidation sites excluding steroid dienone is 1. The molecule has 0 saturated heterocycles. The van der Waals surface area contributed by atoms with Crippen LogP contribution in [0.5, 0.6) is 0 Å². The number of carbonyl (C=O) groups excluding carboxylic acids is 1. The lowest BCUT2D eigenvalue weighted by Crippen LogP contribution is -2.25. The minimum atomic E-state index is -3.34. The van der Waals surface area contributed by atoms with E-state index < -0.39 is 10.0 Å². The Kier molecular flexibility index (Phi) is 4.69. The minimum absolute atomic E-state index is 0.130. The van der Waals surface area contributed by atoms with Crippen molar-refractivity contribution in [2.75, 3.05) is 24.7 Å². The van der Waals surface area contributed by atoms with Gasteiger partial charge in [0.05, 0.1) is 17.5 Å². The molecule has 0 unspecified atom stereocenters. The lowest BCUT2D eigenvalue weighted by Gasteiger charge is -2.19. The molecule has 0 atom stereocenters. The molecule has 0 heterocycles. The Hall–Kier alpha value is -0.610. The second kappa shape index (κ2) is 5.88. The number of nitrogens with one attached hydrogen (secondary N) is 1. The van der Waals surface area contributed by atoms with Crippen LogP contribution < -0.4 is 9.62 Å². The van der Waals surface area contributed by atoms with Crippen LogP contribution in [0.1, 0.15) is 11.1 Å². The second-order valence-electron chi connectivity index (χ2n) is 4.73. The van der Waals surface area contributed by atoms with Crippen molar-refractivity contribution in [1.29, 1.82) is 0 Å². The van der Waals surface area contributed by atoms with Crippen LogP contribution in [-0.2, 0) is 21.2 Å². The summed E-state index contributed by atoms with van der Waals surface area (Å²) in [7, 11) is -0.231. The first kappa shape index (κ1) is 16.8. The standard InChI is InChI=1S/C13H14BrIN2O3S/c1-16-13(18)12-8-6-9(14)11(17(2)21(3,19)20)5-7(8)4-10(12)15/h5-6H,4H2,1-3H3,(H,16,18). The summed E-state index contributed by atoms with van der Waals surface area (Å²) in [4.78, 5) is 12.0. The van der Waals surface area contributed by atoms with Crippen molar-refractivity contribution >= 4 is 65.7 Å². The van der Waals surface area contributed by atoms with Crippen LogP contribution in [0.25, 0.3) is 5.57 Å². The Bertz CT molecular complexity index is 759. The van der Waals surface area contributed by atoms with E-state index in [1.54, 1.807) is 7.05 Å². The van der Waals surface area contributed by atoms with E-state index in [1.807, 2.05) is 12.1 Å². The van der Waals surface area contributed by atoms with Gasteiger partial charge in [-0.05, 0) is 61.8 Å². The van der Waals surface area contributed by atoms with Crippen LogP contribution in [0.4, 0.5) is 5.69 Å². The molecular weight excluding hydrogens is 471 g/mol. The molecule has 1 amide bonds. The summed E-state index contributed by atoms with van der Waals surface area (Å²) < 4.78 is 26.2. The van der Waals surface area contributed by atoms with Gasteiger partial charge in [-0.2, -0.15) is 0 Å². The first-order valence-corrected chi connectivity index (χ1v) is 9.76. The number of likely N-dealkylation sites (N-methyl/N-ethyl adjacent to an activating group) is 1. The molecule has 5 nitrogen and oxygen atoms in total. The molecule has 0 bridgehead atoms. The fourth-order valence-electron chi connectivity index (χ4n) is 2.18. The number of carbonyl (C=O) groups is 1. The van der Waals surface area contributed by atoms with Gasteiger partial charge >= 0.3 is 0 Å². The molecule has 1 aliphatic rings. The molecule has 21 heavy (non-hydrogen) atoms. The molecule has 8 heteroatoms. The van der Waals surface area contributed by atoms with Crippen LogP contribution in [0.2, 0.25) is 0 Å². The predicted molar refractivity (Wildman–Crippen MR) is 96.1 cm³/mol. The average molecular weight is 485 g/mol. The smallest absolute Gasteiger partial charge is 0.252 e. The van der Waals surface area contributed by atoms with Crippen LogP contribution in [0.15, 0.2) is 20.2 Å². The van der Waals surface area contributed by atoms with Crippen molar-refractivity contribution in [3.05, 3.63) is 31.3 Å². The van der Waals surface area contributed by atoms with Crippen LogP contribution in [0.3, 0.4) is 0 Å². The van der Waals surface area contributed by atoms with Crippen molar-refractivity contribution in [3.63, 3.8) is 0 Å². The fraction of sp³-hybridized carbons (Fsp3) is 0.308. The molecule has 114 valence electrons. The summed E-state index contributed by atoms with van der Waals surface area (Å²) in [5, 5.41) is 2.64. The van der Waals surface area contributed by atoms with Crippen molar-refractivity contribution in [2.45, 2.75) is 6.42 Å². The third-order valence-corrected chi connectivity index (χ3v) is 6.10. The van der Waals surface area contributed by atoms with Gasteiger partial charge in [0.25, 0.3) is 5.91 Å². The maximum atomic E-state index is 12.0. The van der Waals surface area contributed by atoms with Crippen LogP contribution in [0, 0.1) is 0 Å². The van der Waals surface area contributed by atoms with Crippen molar-refractivity contribution in [3.8, 4) is 0 Å². The van der Waals surface area contributed by atoms with Gasteiger partial charge in [0.15, 0.2) is 0 Å². The average Bonchev–Trinajstić information content (AvgIpc) is 2.70. The van der Waals surface area contributed by atoms with Crippen molar-refractivity contribution < 1.29 is 13.2 Å². The number of fused-ring (bicyclic) bond motifs is 1. The largest absolute Gasteiger partial charge is 0.355 e. The number of nitrogens with zero attached hydrogens (tertiary/aromatic N) is 1. The zero-order chi connectivity index (χ0) is 15.9. The Morgan fingerprint density at radius 1 is 1.43 bits per heavy atom. The quantitative estimate of drug-likeness (QED) is 0.669. The van der Waals surface area contributed by atoms with Crippen LogP contribution in [-0.4, -0.2) is 34.7 Å². The molecule has 0 radical (unpaired) electrons. The number of sulfonamides is 1. The van der Waals surface area contributed by atoms with Gasteiger partial charge in [-0.25, -0.2) is 8.42 Å². The summed E-state index contributed by atoms with van der Waals surface area (Å²) in [6.45, 7) is 0. The number of halogens is 2. The highest BCUT2D eigenvalue weighted by Gasteiger charge is 2.27. The van der Waals surface area contributed by atoms with E-state index in [2.05, 4.69) is 43.8 Å². The molecular formula is C13H14BrIN2O3S. The molecule has 0 aliphatic heterocycles. The minimum Gasteiger partial charge on any atom is -0.355 e. The Labute approximate surface area is 146 Å². The third kappa shape index (κ3) is 3.11. The van der Waals surface area contributed by atoms with Crippen LogP contribution >= 0.6 is 38.5 Å². The molecule has 0 saturated carbocycles. The first-order valence-electron chi connectivity index (χ1n) is 6.04. The number of benzene rings is 1. The monoisotopic (exact) mass is 484 g/mol. The topological polar surface area (TPSA) is 66.5 Å². The van der Waals surface area contributed by atoms with E-state index in [0.29, 0.717) is 22.2 Å². The first-order chi connectivity index (χ1) is 9.66. The van der Waals surface area contributed by atoms with Gasteiger partial charge in [-0.3, -0.25) is 9.10 Å². The molecule has 2 rings (SSSR count).